The molecule has 0 radical (unpaired) electrons. The number of nitrogens with zero attached hydrogens (tertiary/aromatic N) is 2. The molecule has 1 fully saturated rings. The minimum absolute atomic E-state index is 0.0752. The molecule has 0 amide bonds. The number of hydrogen-bond donors (Lipinski definition) is 0. The summed E-state index contributed by atoms with van der Waals surface area (Å²) in [6.07, 6.45) is 7.42. The lowest BCUT2D eigenvalue weighted by Gasteiger charge is -2.22. The van der Waals surface area contributed by atoms with Gasteiger partial charge in [-0.1, -0.05) is 32.0 Å². The van der Waals surface area contributed by atoms with Gasteiger partial charge in [-0.3, -0.25) is 0 Å². The van der Waals surface area contributed by atoms with E-state index in [1.807, 2.05) is 29.1 Å². The largest absolute Gasteiger partial charge is 0.493 e. The second-order valence-electron chi connectivity index (χ2n) is 6.23. The van der Waals surface area contributed by atoms with Crippen molar-refractivity contribution in [2.24, 2.45) is 5.92 Å². The maximum atomic E-state index is 5.94. The van der Waals surface area contributed by atoms with Crippen LogP contribution >= 0.6 is 0 Å². The van der Waals surface area contributed by atoms with Crippen LogP contribution in [0.2, 0.25) is 0 Å². The molecule has 1 aliphatic rings. The van der Waals surface area contributed by atoms with E-state index >= 15 is 0 Å². The van der Waals surface area contributed by atoms with Crippen molar-refractivity contribution < 1.29 is 9.47 Å². The van der Waals surface area contributed by atoms with Crippen molar-refractivity contribution in [1.82, 2.24) is 9.78 Å². The summed E-state index contributed by atoms with van der Waals surface area (Å²) in [6, 6.07) is 8.14. The second-order valence-corrected chi connectivity index (χ2v) is 6.23. The molecule has 4 heteroatoms. The van der Waals surface area contributed by atoms with Crippen molar-refractivity contribution in [1.29, 1.82) is 0 Å². The van der Waals surface area contributed by atoms with Gasteiger partial charge in [0.25, 0.3) is 0 Å². The number of rotatable bonds is 5. The molecular weight excluding hydrogens is 276 g/mol. The van der Waals surface area contributed by atoms with Crippen LogP contribution in [0.3, 0.4) is 0 Å². The molecule has 1 atom stereocenters. The summed E-state index contributed by atoms with van der Waals surface area (Å²) in [6.45, 7) is 5.85. The number of ether oxygens (including phenoxy) is 2. The quantitative estimate of drug-likeness (QED) is 0.826. The molecule has 0 spiro atoms. The smallest absolute Gasteiger partial charge is 0.150 e. The fourth-order valence-electron chi connectivity index (χ4n) is 2.65. The van der Waals surface area contributed by atoms with E-state index in [-0.39, 0.29) is 6.23 Å². The van der Waals surface area contributed by atoms with Gasteiger partial charge in [0.2, 0.25) is 0 Å². The van der Waals surface area contributed by atoms with Gasteiger partial charge in [-0.25, -0.2) is 4.68 Å². The first-order chi connectivity index (χ1) is 10.7. The molecule has 3 rings (SSSR count). The molecule has 0 saturated carbocycles. The highest BCUT2D eigenvalue weighted by Crippen LogP contribution is 2.31. The van der Waals surface area contributed by atoms with Crippen molar-refractivity contribution in [3.63, 3.8) is 0 Å². The molecule has 1 saturated heterocycles. The van der Waals surface area contributed by atoms with Crippen LogP contribution in [0.25, 0.3) is 11.1 Å². The molecule has 0 aliphatic carbocycles. The monoisotopic (exact) mass is 300 g/mol. The molecule has 2 aromatic rings. The van der Waals surface area contributed by atoms with Gasteiger partial charge in [0.15, 0.2) is 0 Å². The van der Waals surface area contributed by atoms with Crippen molar-refractivity contribution >= 4 is 0 Å². The zero-order valence-corrected chi connectivity index (χ0v) is 13.4. The normalized spacial score (nSPS) is 18.6. The van der Waals surface area contributed by atoms with Crippen molar-refractivity contribution in [2.75, 3.05) is 13.2 Å². The highest BCUT2D eigenvalue weighted by atomic mass is 16.5. The Balaban J connectivity index is 1.80. The van der Waals surface area contributed by atoms with E-state index in [1.165, 1.54) is 6.42 Å². The minimum Gasteiger partial charge on any atom is -0.493 e. The Bertz CT molecular complexity index is 601. The van der Waals surface area contributed by atoms with E-state index in [0.717, 1.165) is 42.9 Å². The molecule has 0 bridgehead atoms. The molecule has 4 nitrogen and oxygen atoms in total. The standard InChI is InChI=1S/C18H24N2O2/c1-14(2)13-22-17-8-4-3-7-16(17)15-11-19-20(12-15)18-9-5-6-10-21-18/h3-4,7-8,11-12,14,18H,5-6,9-10,13H2,1-2H3. The van der Waals surface area contributed by atoms with Crippen molar-refractivity contribution in [3.8, 4) is 16.9 Å². The molecule has 1 unspecified atom stereocenters. The first-order valence-electron chi connectivity index (χ1n) is 8.12. The molecule has 118 valence electrons. The Hall–Kier alpha value is -1.81. The Morgan fingerprint density at radius 3 is 2.95 bits per heavy atom. The van der Waals surface area contributed by atoms with Gasteiger partial charge in [0.1, 0.15) is 12.0 Å². The maximum absolute atomic E-state index is 5.94. The summed E-state index contributed by atoms with van der Waals surface area (Å²) in [5.41, 5.74) is 2.17. The fourth-order valence-corrected chi connectivity index (χ4v) is 2.65. The van der Waals surface area contributed by atoms with Gasteiger partial charge in [-0.15, -0.1) is 0 Å². The van der Waals surface area contributed by atoms with Crippen LogP contribution in [0.15, 0.2) is 36.7 Å². The van der Waals surface area contributed by atoms with Crippen LogP contribution in [0.5, 0.6) is 5.75 Å². The van der Waals surface area contributed by atoms with E-state index in [2.05, 4.69) is 31.2 Å². The number of hydrogen-bond acceptors (Lipinski definition) is 3. The van der Waals surface area contributed by atoms with Crippen LogP contribution < -0.4 is 4.74 Å². The fraction of sp³-hybridized carbons (Fsp3) is 0.500. The van der Waals surface area contributed by atoms with Crippen LogP contribution in [0, 0.1) is 5.92 Å². The van der Waals surface area contributed by atoms with Gasteiger partial charge in [0.05, 0.1) is 12.8 Å². The third-order valence-electron chi connectivity index (χ3n) is 3.82. The Morgan fingerprint density at radius 2 is 2.18 bits per heavy atom. The van der Waals surface area contributed by atoms with Crippen molar-refractivity contribution in [3.05, 3.63) is 36.7 Å². The highest BCUT2D eigenvalue weighted by molar-refractivity contribution is 5.69. The number of para-hydroxylation sites is 1. The van der Waals surface area contributed by atoms with E-state index in [1.54, 1.807) is 0 Å². The number of benzene rings is 1. The highest BCUT2D eigenvalue weighted by Gasteiger charge is 2.17. The average molecular weight is 300 g/mol. The molecule has 1 aromatic heterocycles. The van der Waals surface area contributed by atoms with Crippen LogP contribution in [-0.4, -0.2) is 23.0 Å². The van der Waals surface area contributed by atoms with Crippen LogP contribution in [-0.2, 0) is 4.74 Å². The predicted molar refractivity (Wildman–Crippen MR) is 86.8 cm³/mol. The lowest BCUT2D eigenvalue weighted by Crippen LogP contribution is -2.18. The van der Waals surface area contributed by atoms with Crippen LogP contribution in [0.1, 0.15) is 39.3 Å². The summed E-state index contributed by atoms with van der Waals surface area (Å²) in [5, 5.41) is 4.49. The van der Waals surface area contributed by atoms with E-state index in [9.17, 15) is 0 Å². The van der Waals surface area contributed by atoms with Gasteiger partial charge in [0, 0.05) is 23.9 Å². The Labute approximate surface area is 132 Å². The first kappa shape index (κ1) is 15.1. The molecule has 2 heterocycles. The lowest BCUT2D eigenvalue weighted by atomic mass is 10.1. The molecule has 22 heavy (non-hydrogen) atoms. The van der Waals surface area contributed by atoms with Gasteiger partial charge < -0.3 is 9.47 Å². The van der Waals surface area contributed by atoms with E-state index in [4.69, 9.17) is 9.47 Å². The average Bonchev–Trinajstić information content (AvgIpc) is 3.04. The zero-order valence-electron chi connectivity index (χ0n) is 13.4. The number of aromatic nitrogens is 2. The van der Waals surface area contributed by atoms with Crippen molar-refractivity contribution in [2.45, 2.75) is 39.3 Å². The van der Waals surface area contributed by atoms with Gasteiger partial charge in [-0.2, -0.15) is 5.10 Å². The first-order valence-corrected chi connectivity index (χ1v) is 8.12. The van der Waals surface area contributed by atoms with Crippen LogP contribution in [0.4, 0.5) is 0 Å². The third kappa shape index (κ3) is 3.50. The Morgan fingerprint density at radius 1 is 1.32 bits per heavy atom. The summed E-state index contributed by atoms with van der Waals surface area (Å²) in [4.78, 5) is 0. The van der Waals surface area contributed by atoms with E-state index < -0.39 is 0 Å². The summed E-state index contributed by atoms with van der Waals surface area (Å²) >= 11 is 0. The minimum atomic E-state index is 0.0752. The summed E-state index contributed by atoms with van der Waals surface area (Å²) in [7, 11) is 0. The van der Waals surface area contributed by atoms with Gasteiger partial charge >= 0.3 is 0 Å². The zero-order chi connectivity index (χ0) is 15.4. The predicted octanol–water partition coefficient (Wildman–Crippen LogP) is 4.28. The third-order valence-corrected chi connectivity index (χ3v) is 3.82. The maximum Gasteiger partial charge on any atom is 0.150 e. The molecule has 0 N–H and O–H groups in total. The summed E-state index contributed by atoms with van der Waals surface area (Å²) < 4.78 is 13.7. The van der Waals surface area contributed by atoms with Gasteiger partial charge in [-0.05, 0) is 31.2 Å². The lowest BCUT2D eigenvalue weighted by molar-refractivity contribution is -0.0394. The molecule has 1 aliphatic heterocycles. The van der Waals surface area contributed by atoms with E-state index in [0.29, 0.717) is 5.92 Å². The molecule has 1 aromatic carbocycles. The topological polar surface area (TPSA) is 36.3 Å². The summed E-state index contributed by atoms with van der Waals surface area (Å²) in [5.74, 6) is 1.42. The second kappa shape index (κ2) is 6.97. The molecular formula is C18H24N2O2. The SMILES string of the molecule is CC(C)COc1ccccc1-c1cnn(C2CCCCO2)c1. The Kier molecular flexibility index (Phi) is 4.78.